The Morgan fingerprint density at radius 2 is 2.12 bits per heavy atom. The molecule has 1 saturated heterocycles. The molecule has 0 bridgehead atoms. The summed E-state index contributed by atoms with van der Waals surface area (Å²) in [5.41, 5.74) is 2.17. The molecule has 0 unspecified atom stereocenters. The predicted molar refractivity (Wildman–Crippen MR) is 99.2 cm³/mol. The molecule has 1 aromatic rings. The quantitative estimate of drug-likeness (QED) is 0.596. The monoisotopic (exact) mass is 378 g/mol. The highest BCUT2D eigenvalue weighted by molar-refractivity contribution is 8.00. The van der Waals surface area contributed by atoms with Gasteiger partial charge in [-0.1, -0.05) is 42.0 Å². The maximum Gasteiger partial charge on any atom is 0.356 e. The van der Waals surface area contributed by atoms with E-state index in [1.807, 2.05) is 31.2 Å². The fraction of sp³-hybridized carbons (Fsp3) is 0.353. The summed E-state index contributed by atoms with van der Waals surface area (Å²) >= 11 is 6.84. The van der Waals surface area contributed by atoms with Gasteiger partial charge in [0.1, 0.15) is 17.2 Å². The highest BCUT2D eigenvalue weighted by Crippen LogP contribution is 2.40. The van der Waals surface area contributed by atoms with Crippen LogP contribution in [0.15, 0.2) is 35.7 Å². The molecule has 2 aliphatic heterocycles. The smallest absolute Gasteiger partial charge is 0.356 e. The fourth-order valence-corrected chi connectivity index (χ4v) is 4.47. The molecule has 0 spiro atoms. The van der Waals surface area contributed by atoms with Crippen LogP contribution in [0.4, 0.5) is 0 Å². The number of ether oxygens (including phenoxy) is 1. The number of hydrogen-bond acceptors (Lipinski definition) is 5. The summed E-state index contributed by atoms with van der Waals surface area (Å²) in [7, 11) is 1.41. The summed E-state index contributed by atoms with van der Waals surface area (Å²) in [5, 5.41) is 12.2. The third-order valence-corrected chi connectivity index (χ3v) is 5.70. The van der Waals surface area contributed by atoms with Crippen LogP contribution in [0.25, 0.3) is 0 Å². The van der Waals surface area contributed by atoms with E-state index >= 15 is 0 Å². The molecule has 2 heterocycles. The zero-order valence-electron chi connectivity index (χ0n) is 13.8. The lowest BCUT2D eigenvalue weighted by molar-refractivity contribution is -0.149. The van der Waals surface area contributed by atoms with Crippen LogP contribution < -0.4 is 5.32 Å². The number of nitrogens with one attached hydrogen (secondary N) is 1. The van der Waals surface area contributed by atoms with Gasteiger partial charge in [0.15, 0.2) is 5.70 Å². The molecule has 3 rings (SSSR count). The molecule has 0 aliphatic carbocycles. The average molecular weight is 378 g/mol. The third-order valence-electron chi connectivity index (χ3n) is 4.18. The van der Waals surface area contributed by atoms with Gasteiger partial charge in [0.2, 0.25) is 0 Å². The Morgan fingerprint density at radius 1 is 1.44 bits per heavy atom. The summed E-state index contributed by atoms with van der Waals surface area (Å²) in [6.45, 7) is 2.02. The summed E-state index contributed by atoms with van der Waals surface area (Å²) in [4.78, 5) is 25.8. The molecular weight excluding hydrogens is 360 g/mol. The normalized spacial score (nSPS) is 22.2. The van der Waals surface area contributed by atoms with Crippen LogP contribution in [-0.4, -0.2) is 51.1 Å². The molecule has 132 valence electrons. The number of benzene rings is 1. The van der Waals surface area contributed by atoms with Gasteiger partial charge in [0.05, 0.1) is 17.9 Å². The predicted octanol–water partition coefficient (Wildman–Crippen LogP) is 1.68. The van der Waals surface area contributed by atoms with Gasteiger partial charge in [-0.3, -0.25) is 9.69 Å². The molecule has 1 aromatic carbocycles. The number of carbonyl (C=O) groups is 2. The van der Waals surface area contributed by atoms with Gasteiger partial charge in [0, 0.05) is 6.42 Å². The topological polar surface area (TPSA) is 78.9 Å². The number of aryl methyl sites for hydroxylation is 1. The van der Waals surface area contributed by atoms with Crippen molar-refractivity contribution in [2.45, 2.75) is 24.8 Å². The van der Waals surface area contributed by atoms with Crippen molar-refractivity contribution in [1.29, 1.82) is 0 Å². The zero-order chi connectivity index (χ0) is 18.1. The first-order chi connectivity index (χ1) is 11.9. The molecule has 6 nitrogen and oxygen atoms in total. The summed E-state index contributed by atoms with van der Waals surface area (Å²) in [6, 6.07) is 7.53. The van der Waals surface area contributed by atoms with Gasteiger partial charge >= 0.3 is 5.97 Å². The summed E-state index contributed by atoms with van der Waals surface area (Å²) < 4.78 is 5.11. The minimum atomic E-state index is -1.16. The standard InChI is InChI=1S/C17H18N2O4S2/c1-9-3-5-10(6-4-9)7-12(24)18-13-15(20)19-14(17(21)22)11(23-2)8-25-16(13)19/h3-6,13,16H,7-8H2,1-2H3,(H,18,24)(H,21,22)/t13-,16-/m1/s1. The Kier molecular flexibility index (Phi) is 5.01. The van der Waals surface area contributed by atoms with Gasteiger partial charge in [-0.25, -0.2) is 4.79 Å². The average Bonchev–Trinajstić information content (AvgIpc) is 2.60. The van der Waals surface area contributed by atoms with Crippen LogP contribution >= 0.6 is 24.0 Å². The number of carbonyl (C=O) groups excluding carboxylic acids is 1. The molecule has 2 N–H and O–H groups in total. The fourth-order valence-electron chi connectivity index (χ4n) is 2.86. The minimum Gasteiger partial charge on any atom is -0.498 e. The van der Waals surface area contributed by atoms with Gasteiger partial charge < -0.3 is 15.2 Å². The van der Waals surface area contributed by atoms with Gasteiger partial charge in [-0.2, -0.15) is 0 Å². The van der Waals surface area contributed by atoms with Crippen LogP contribution in [0.5, 0.6) is 0 Å². The van der Waals surface area contributed by atoms with E-state index in [4.69, 9.17) is 17.0 Å². The number of aliphatic carboxylic acids is 1. The Labute approximate surface area is 155 Å². The minimum absolute atomic E-state index is 0.0706. The molecule has 1 amide bonds. The summed E-state index contributed by atoms with van der Waals surface area (Å²) in [5.74, 6) is -0.732. The van der Waals surface area contributed by atoms with Gasteiger partial charge in [-0.05, 0) is 12.5 Å². The number of thioether (sulfide) groups is 1. The molecule has 2 atom stereocenters. The van der Waals surface area contributed by atoms with Gasteiger partial charge in [0.25, 0.3) is 5.91 Å². The van der Waals surface area contributed by atoms with Crippen LogP contribution in [0.2, 0.25) is 0 Å². The van der Waals surface area contributed by atoms with Crippen molar-refractivity contribution in [2.24, 2.45) is 0 Å². The Bertz CT molecular complexity index is 760. The second-order valence-corrected chi connectivity index (χ2v) is 7.50. The number of carboxylic acids is 1. The van der Waals surface area contributed by atoms with Crippen molar-refractivity contribution >= 4 is 40.8 Å². The first kappa shape index (κ1) is 17.8. The Morgan fingerprint density at radius 3 is 2.72 bits per heavy atom. The number of hydrogen-bond donors (Lipinski definition) is 2. The lowest BCUT2D eigenvalue weighted by Gasteiger charge is -2.49. The van der Waals surface area contributed by atoms with Crippen molar-refractivity contribution in [3.8, 4) is 0 Å². The molecule has 25 heavy (non-hydrogen) atoms. The van der Waals surface area contributed by atoms with E-state index in [1.165, 1.54) is 29.3 Å². The lowest BCUT2D eigenvalue weighted by atomic mass is 10.0. The van der Waals surface area contributed by atoms with Crippen molar-refractivity contribution in [3.05, 3.63) is 46.8 Å². The number of methoxy groups -OCH3 is 1. The molecule has 1 fully saturated rings. The second-order valence-electron chi connectivity index (χ2n) is 5.90. The number of thiocarbonyl (C=S) groups is 1. The highest BCUT2D eigenvalue weighted by atomic mass is 32.2. The number of β-lactam (4-membered cyclic amide) rings is 1. The van der Waals surface area contributed by atoms with E-state index < -0.39 is 12.0 Å². The molecule has 0 aromatic heterocycles. The van der Waals surface area contributed by atoms with Crippen molar-refractivity contribution < 1.29 is 19.4 Å². The number of fused-ring (bicyclic) bond motifs is 1. The van der Waals surface area contributed by atoms with E-state index in [9.17, 15) is 14.7 Å². The lowest BCUT2D eigenvalue weighted by Crippen LogP contribution is -2.70. The molecular formula is C17H18N2O4S2. The van der Waals surface area contributed by atoms with Crippen molar-refractivity contribution in [1.82, 2.24) is 10.2 Å². The first-order valence-corrected chi connectivity index (χ1v) is 9.18. The largest absolute Gasteiger partial charge is 0.498 e. The highest BCUT2D eigenvalue weighted by Gasteiger charge is 2.54. The number of rotatable bonds is 5. The first-order valence-electron chi connectivity index (χ1n) is 7.72. The van der Waals surface area contributed by atoms with E-state index in [2.05, 4.69) is 5.32 Å². The molecule has 8 heteroatoms. The molecule has 0 radical (unpaired) electrons. The van der Waals surface area contributed by atoms with Crippen molar-refractivity contribution in [2.75, 3.05) is 12.9 Å². The maximum absolute atomic E-state index is 12.4. The van der Waals surface area contributed by atoms with E-state index in [1.54, 1.807) is 0 Å². The number of amides is 1. The van der Waals surface area contributed by atoms with E-state index in [0.29, 0.717) is 22.9 Å². The van der Waals surface area contributed by atoms with E-state index in [-0.39, 0.29) is 17.0 Å². The summed E-state index contributed by atoms with van der Waals surface area (Å²) in [6.07, 6.45) is 0.543. The number of carboxylic acid groups (broad SMARTS) is 1. The number of nitrogens with zero attached hydrogens (tertiary/aromatic N) is 1. The molecule has 2 aliphatic rings. The Balaban J connectivity index is 1.67. The zero-order valence-corrected chi connectivity index (χ0v) is 15.4. The Hall–Kier alpha value is -2.06. The van der Waals surface area contributed by atoms with Crippen LogP contribution in [0.3, 0.4) is 0 Å². The van der Waals surface area contributed by atoms with Crippen molar-refractivity contribution in [3.63, 3.8) is 0 Å². The van der Waals surface area contributed by atoms with E-state index in [0.717, 1.165) is 5.56 Å². The van der Waals surface area contributed by atoms with Gasteiger partial charge in [-0.15, -0.1) is 11.8 Å². The maximum atomic E-state index is 12.4. The van der Waals surface area contributed by atoms with Crippen LogP contribution in [0, 0.1) is 6.92 Å². The third kappa shape index (κ3) is 3.36. The van der Waals surface area contributed by atoms with Crippen LogP contribution in [-0.2, 0) is 20.7 Å². The second kappa shape index (κ2) is 7.05. The molecule has 0 saturated carbocycles. The van der Waals surface area contributed by atoms with Crippen LogP contribution in [0.1, 0.15) is 11.1 Å². The SMILES string of the molecule is COC1=C(C(=O)O)N2C(=O)[C@@H](NC(=S)Cc3ccc(C)cc3)[C@H]2SC1.